The second-order valence-electron chi connectivity index (χ2n) is 5.31. The molecule has 1 aromatic carbocycles. The van der Waals surface area contributed by atoms with Crippen LogP contribution in [-0.4, -0.2) is 6.54 Å². The molecule has 1 nitrogen and oxygen atoms in total. The van der Waals surface area contributed by atoms with Crippen LogP contribution in [0.15, 0.2) is 24.3 Å². The molecular weight excluding hydrogens is 237 g/mol. The van der Waals surface area contributed by atoms with E-state index in [-0.39, 0.29) is 11.9 Å². The molecule has 0 amide bonds. The van der Waals surface area contributed by atoms with Crippen LogP contribution in [0.4, 0.5) is 4.39 Å². The first kappa shape index (κ1) is 16.2. The van der Waals surface area contributed by atoms with E-state index in [1.807, 2.05) is 12.1 Å². The Labute approximate surface area is 117 Å². The maximum absolute atomic E-state index is 13.8. The number of hydrogen-bond acceptors (Lipinski definition) is 1. The first-order chi connectivity index (χ1) is 9.22. The molecule has 108 valence electrons. The van der Waals surface area contributed by atoms with Crippen LogP contribution in [0.3, 0.4) is 0 Å². The molecule has 1 rings (SSSR count). The molecule has 2 atom stereocenters. The highest BCUT2D eigenvalue weighted by Gasteiger charge is 2.14. The summed E-state index contributed by atoms with van der Waals surface area (Å²) in [6, 6.07) is 7.24. The summed E-state index contributed by atoms with van der Waals surface area (Å²) in [7, 11) is 0. The maximum atomic E-state index is 13.8. The van der Waals surface area contributed by atoms with Gasteiger partial charge in [-0.25, -0.2) is 4.39 Å². The number of nitrogens with one attached hydrogen (secondary N) is 1. The van der Waals surface area contributed by atoms with E-state index in [4.69, 9.17) is 0 Å². The summed E-state index contributed by atoms with van der Waals surface area (Å²) >= 11 is 0. The predicted molar refractivity (Wildman–Crippen MR) is 80.7 cm³/mol. The van der Waals surface area contributed by atoms with Gasteiger partial charge in [-0.2, -0.15) is 0 Å². The normalized spacial score (nSPS) is 14.3. The van der Waals surface area contributed by atoms with Crippen molar-refractivity contribution in [1.29, 1.82) is 0 Å². The Kier molecular flexibility index (Phi) is 7.73. The van der Waals surface area contributed by atoms with Gasteiger partial charge in [-0.15, -0.1) is 0 Å². The van der Waals surface area contributed by atoms with E-state index in [9.17, 15) is 4.39 Å². The number of hydrogen-bond donors (Lipinski definition) is 1. The monoisotopic (exact) mass is 265 g/mol. The van der Waals surface area contributed by atoms with Gasteiger partial charge < -0.3 is 5.32 Å². The van der Waals surface area contributed by atoms with Crippen LogP contribution in [0.1, 0.15) is 64.5 Å². The van der Waals surface area contributed by atoms with Crippen molar-refractivity contribution in [2.75, 3.05) is 6.54 Å². The zero-order valence-electron chi connectivity index (χ0n) is 12.6. The van der Waals surface area contributed by atoms with Crippen LogP contribution in [-0.2, 0) is 0 Å². The van der Waals surface area contributed by atoms with Crippen LogP contribution < -0.4 is 5.32 Å². The number of halogens is 1. The van der Waals surface area contributed by atoms with Gasteiger partial charge in [-0.05, 0) is 31.4 Å². The first-order valence-corrected chi connectivity index (χ1v) is 7.70. The van der Waals surface area contributed by atoms with Crippen molar-refractivity contribution in [3.8, 4) is 0 Å². The lowest BCUT2D eigenvalue weighted by Crippen LogP contribution is -2.27. The summed E-state index contributed by atoms with van der Waals surface area (Å²) in [5.41, 5.74) is 0.801. The van der Waals surface area contributed by atoms with Gasteiger partial charge in [0.1, 0.15) is 5.82 Å². The lowest BCUT2D eigenvalue weighted by Gasteiger charge is -2.22. The number of benzene rings is 1. The molecule has 2 heteroatoms. The van der Waals surface area contributed by atoms with Crippen LogP contribution >= 0.6 is 0 Å². The summed E-state index contributed by atoms with van der Waals surface area (Å²) < 4.78 is 13.8. The van der Waals surface area contributed by atoms with Gasteiger partial charge in [-0.3, -0.25) is 0 Å². The molecule has 1 N–H and O–H groups in total. The average molecular weight is 265 g/mol. The van der Waals surface area contributed by atoms with E-state index in [2.05, 4.69) is 26.1 Å². The molecule has 0 radical (unpaired) electrons. The quantitative estimate of drug-likeness (QED) is 0.656. The molecule has 0 aliphatic rings. The van der Waals surface area contributed by atoms with Crippen LogP contribution in [0.5, 0.6) is 0 Å². The molecule has 0 saturated carbocycles. The number of unbranched alkanes of at least 4 members (excludes halogenated alkanes) is 1. The summed E-state index contributed by atoms with van der Waals surface area (Å²) in [6.07, 6.45) is 5.93. The summed E-state index contributed by atoms with van der Waals surface area (Å²) in [5.74, 6) is 0.615. The minimum atomic E-state index is -0.0940. The molecular formula is C17H28FN. The molecule has 2 unspecified atom stereocenters. The van der Waals surface area contributed by atoms with Crippen molar-refractivity contribution < 1.29 is 4.39 Å². The predicted octanol–water partition coefficient (Wildman–Crippen LogP) is 5.08. The Morgan fingerprint density at radius 2 is 1.84 bits per heavy atom. The fraction of sp³-hybridized carbons (Fsp3) is 0.647. The highest BCUT2D eigenvalue weighted by atomic mass is 19.1. The number of rotatable bonds is 9. The zero-order chi connectivity index (χ0) is 14.1. The van der Waals surface area contributed by atoms with Gasteiger partial charge in [0.2, 0.25) is 0 Å². The van der Waals surface area contributed by atoms with Crippen LogP contribution in [0, 0.1) is 11.7 Å². The second kappa shape index (κ2) is 9.08. The van der Waals surface area contributed by atoms with E-state index in [1.54, 1.807) is 12.1 Å². The van der Waals surface area contributed by atoms with Crippen LogP contribution in [0.2, 0.25) is 0 Å². The molecule has 1 aromatic rings. The molecule has 0 fully saturated rings. The highest BCUT2D eigenvalue weighted by molar-refractivity contribution is 5.21. The molecule has 0 spiro atoms. The largest absolute Gasteiger partial charge is 0.310 e. The summed E-state index contributed by atoms with van der Waals surface area (Å²) in [4.78, 5) is 0. The summed E-state index contributed by atoms with van der Waals surface area (Å²) in [5, 5.41) is 3.55. The van der Waals surface area contributed by atoms with E-state index >= 15 is 0 Å². The second-order valence-corrected chi connectivity index (χ2v) is 5.31. The van der Waals surface area contributed by atoms with E-state index in [1.165, 1.54) is 25.7 Å². The molecule has 0 bridgehead atoms. The fourth-order valence-corrected chi connectivity index (χ4v) is 2.48. The Hall–Kier alpha value is -0.890. The first-order valence-electron chi connectivity index (χ1n) is 7.70. The third-order valence-electron chi connectivity index (χ3n) is 3.89. The smallest absolute Gasteiger partial charge is 0.127 e. The van der Waals surface area contributed by atoms with Gasteiger partial charge >= 0.3 is 0 Å². The third-order valence-corrected chi connectivity index (χ3v) is 3.89. The van der Waals surface area contributed by atoms with Crippen molar-refractivity contribution in [1.82, 2.24) is 5.32 Å². The minimum Gasteiger partial charge on any atom is -0.310 e. The average Bonchev–Trinajstić information content (AvgIpc) is 2.44. The lowest BCUT2D eigenvalue weighted by atomic mass is 9.97. The van der Waals surface area contributed by atoms with E-state index in [0.717, 1.165) is 18.5 Å². The maximum Gasteiger partial charge on any atom is 0.127 e. The van der Waals surface area contributed by atoms with Gasteiger partial charge in [0.25, 0.3) is 0 Å². The van der Waals surface area contributed by atoms with Crippen LogP contribution in [0.25, 0.3) is 0 Å². The van der Waals surface area contributed by atoms with Gasteiger partial charge in [0, 0.05) is 11.6 Å². The van der Waals surface area contributed by atoms with E-state index < -0.39 is 0 Å². The van der Waals surface area contributed by atoms with Crippen molar-refractivity contribution in [3.63, 3.8) is 0 Å². The fourth-order valence-electron chi connectivity index (χ4n) is 2.48. The van der Waals surface area contributed by atoms with Gasteiger partial charge in [0.05, 0.1) is 0 Å². The van der Waals surface area contributed by atoms with Crippen molar-refractivity contribution >= 4 is 0 Å². The van der Waals surface area contributed by atoms with E-state index in [0.29, 0.717) is 5.92 Å². The van der Waals surface area contributed by atoms with Gasteiger partial charge in [-0.1, -0.05) is 58.2 Å². The molecule has 0 aliphatic carbocycles. The third kappa shape index (κ3) is 5.32. The molecule has 0 aromatic heterocycles. The minimum absolute atomic E-state index is 0.0940. The summed E-state index contributed by atoms with van der Waals surface area (Å²) in [6.45, 7) is 7.57. The Balaban J connectivity index is 2.55. The zero-order valence-corrected chi connectivity index (χ0v) is 12.6. The molecule has 0 heterocycles. The lowest BCUT2D eigenvalue weighted by molar-refractivity contribution is 0.381. The molecule has 0 saturated heterocycles. The van der Waals surface area contributed by atoms with Crippen molar-refractivity contribution in [3.05, 3.63) is 35.6 Å². The van der Waals surface area contributed by atoms with Crippen molar-refractivity contribution in [2.24, 2.45) is 5.92 Å². The topological polar surface area (TPSA) is 12.0 Å². The van der Waals surface area contributed by atoms with Gasteiger partial charge in [0.15, 0.2) is 0 Å². The molecule has 19 heavy (non-hydrogen) atoms. The Bertz CT molecular complexity index is 351. The standard InChI is InChI=1S/C17H28FN/c1-4-7-10-14(5-2)13-19-17(6-3)15-11-8-9-12-16(15)18/h8-9,11-12,14,17,19H,4-7,10,13H2,1-3H3. The SMILES string of the molecule is CCCCC(CC)CNC(CC)c1ccccc1F. The highest BCUT2D eigenvalue weighted by Crippen LogP contribution is 2.21. The van der Waals surface area contributed by atoms with Crippen molar-refractivity contribution in [2.45, 2.75) is 58.9 Å². The Morgan fingerprint density at radius 3 is 2.42 bits per heavy atom. The molecule has 0 aliphatic heterocycles. The Morgan fingerprint density at radius 1 is 1.11 bits per heavy atom.